The first-order chi connectivity index (χ1) is 10.7. The van der Waals surface area contributed by atoms with Crippen molar-refractivity contribution in [1.29, 1.82) is 0 Å². The topological polar surface area (TPSA) is 29.5 Å². The van der Waals surface area contributed by atoms with Gasteiger partial charge < -0.3 is 9.84 Å². The Morgan fingerprint density at radius 1 is 1.17 bits per heavy atom. The van der Waals surface area contributed by atoms with Crippen LogP contribution in [0.3, 0.4) is 0 Å². The fraction of sp³-hybridized carbons (Fsp3) is 0.714. The molecule has 1 fully saturated rings. The Balaban J connectivity index is 2.20. The Morgan fingerprint density at radius 3 is 2.48 bits per heavy atom. The molecule has 1 aromatic rings. The molecular weight excluding hydrogens is 284 g/mol. The first-order valence-corrected chi connectivity index (χ1v) is 9.11. The van der Waals surface area contributed by atoms with Crippen molar-refractivity contribution in [1.82, 2.24) is 0 Å². The number of aliphatic hydroxyl groups is 1. The Morgan fingerprint density at radius 2 is 1.87 bits per heavy atom. The van der Waals surface area contributed by atoms with E-state index in [0.29, 0.717) is 11.8 Å². The second-order valence-electron chi connectivity index (χ2n) is 8.90. The summed E-state index contributed by atoms with van der Waals surface area (Å²) in [5, 5.41) is 10.9. The average Bonchev–Trinajstić information content (AvgIpc) is 2.48. The minimum absolute atomic E-state index is 0.152. The number of hydrogen-bond donors (Lipinski definition) is 1. The number of ether oxygens (including phenoxy) is 1. The van der Waals surface area contributed by atoms with Crippen LogP contribution in [-0.4, -0.2) is 12.2 Å². The molecule has 3 rings (SSSR count). The minimum Gasteiger partial charge on any atom is -0.496 e. The highest BCUT2D eigenvalue weighted by molar-refractivity contribution is 5.50. The molecule has 2 aliphatic rings. The van der Waals surface area contributed by atoms with Crippen LogP contribution in [0.15, 0.2) is 12.1 Å². The van der Waals surface area contributed by atoms with E-state index in [1.807, 2.05) is 0 Å². The molecule has 3 atom stereocenters. The van der Waals surface area contributed by atoms with Crippen LogP contribution >= 0.6 is 0 Å². The molecule has 0 bridgehead atoms. The summed E-state index contributed by atoms with van der Waals surface area (Å²) in [7, 11) is 1.76. The van der Waals surface area contributed by atoms with Gasteiger partial charge >= 0.3 is 0 Å². The van der Waals surface area contributed by atoms with Crippen molar-refractivity contribution in [2.24, 2.45) is 11.3 Å². The first kappa shape index (κ1) is 16.8. The summed E-state index contributed by atoms with van der Waals surface area (Å²) >= 11 is 0. The van der Waals surface area contributed by atoms with Crippen molar-refractivity contribution >= 4 is 0 Å². The number of benzene rings is 1. The number of hydrogen-bond acceptors (Lipinski definition) is 2. The van der Waals surface area contributed by atoms with E-state index >= 15 is 0 Å². The third kappa shape index (κ3) is 2.50. The third-order valence-electron chi connectivity index (χ3n) is 6.69. The summed E-state index contributed by atoms with van der Waals surface area (Å²) in [6.07, 6.45) is 4.29. The lowest BCUT2D eigenvalue weighted by Crippen LogP contribution is -2.48. The van der Waals surface area contributed by atoms with Crippen molar-refractivity contribution in [3.63, 3.8) is 0 Å². The van der Waals surface area contributed by atoms with E-state index in [0.717, 1.165) is 17.7 Å². The van der Waals surface area contributed by atoms with Gasteiger partial charge in [0.2, 0.25) is 0 Å². The van der Waals surface area contributed by atoms with E-state index in [2.05, 4.69) is 46.8 Å². The largest absolute Gasteiger partial charge is 0.496 e. The Hall–Kier alpha value is -1.02. The summed E-state index contributed by atoms with van der Waals surface area (Å²) in [5.74, 6) is 1.91. The van der Waals surface area contributed by atoms with Gasteiger partial charge in [-0.1, -0.05) is 41.0 Å². The molecule has 2 aliphatic carbocycles. The van der Waals surface area contributed by atoms with Crippen LogP contribution in [0.2, 0.25) is 0 Å². The van der Waals surface area contributed by atoms with Crippen LogP contribution in [0.25, 0.3) is 0 Å². The van der Waals surface area contributed by atoms with Gasteiger partial charge in [0.05, 0.1) is 13.2 Å². The van der Waals surface area contributed by atoms with Crippen molar-refractivity contribution < 1.29 is 9.84 Å². The smallest absolute Gasteiger partial charge is 0.122 e. The molecule has 1 aromatic carbocycles. The van der Waals surface area contributed by atoms with Gasteiger partial charge in [0.15, 0.2) is 0 Å². The molecular formula is C21H32O2. The van der Waals surface area contributed by atoms with E-state index in [1.165, 1.54) is 30.4 Å². The predicted molar refractivity (Wildman–Crippen MR) is 95.1 cm³/mol. The van der Waals surface area contributed by atoms with Crippen LogP contribution < -0.4 is 4.74 Å². The standard InChI is InChI=1S/C21H32O2/c1-13(2)14-10-15-16(11-18(14)23-6)21(5)9-7-8-20(3,4)19(21)12-17(15)22/h10-11,13,17,19,22H,7-9,12H2,1-6H3/t17?,19-,21+/m0/s1. The van der Waals surface area contributed by atoms with Gasteiger partial charge in [-0.15, -0.1) is 0 Å². The summed E-state index contributed by atoms with van der Waals surface area (Å²) in [5.41, 5.74) is 4.12. The number of methoxy groups -OCH3 is 1. The highest BCUT2D eigenvalue weighted by Crippen LogP contribution is 2.59. The maximum atomic E-state index is 10.9. The van der Waals surface area contributed by atoms with Gasteiger partial charge in [-0.25, -0.2) is 0 Å². The first-order valence-electron chi connectivity index (χ1n) is 9.11. The van der Waals surface area contributed by atoms with Gasteiger partial charge in [-0.05, 0) is 70.8 Å². The highest BCUT2D eigenvalue weighted by atomic mass is 16.5. The molecule has 0 heterocycles. The monoisotopic (exact) mass is 316 g/mol. The Bertz CT molecular complexity index is 602. The molecule has 128 valence electrons. The number of fused-ring (bicyclic) bond motifs is 3. The van der Waals surface area contributed by atoms with Crippen LogP contribution in [0.5, 0.6) is 5.75 Å². The normalized spacial score (nSPS) is 32.3. The number of aliphatic hydroxyl groups excluding tert-OH is 1. The Labute approximate surface area is 141 Å². The molecule has 23 heavy (non-hydrogen) atoms. The molecule has 2 heteroatoms. The van der Waals surface area contributed by atoms with Crippen molar-refractivity contribution in [3.05, 3.63) is 28.8 Å². The second-order valence-corrected chi connectivity index (χ2v) is 8.90. The molecule has 0 radical (unpaired) electrons. The highest BCUT2D eigenvalue weighted by Gasteiger charge is 2.51. The van der Waals surface area contributed by atoms with E-state index in [4.69, 9.17) is 4.74 Å². The van der Waals surface area contributed by atoms with Crippen LogP contribution in [-0.2, 0) is 5.41 Å². The molecule has 1 unspecified atom stereocenters. The average molecular weight is 316 g/mol. The van der Waals surface area contributed by atoms with Crippen molar-refractivity contribution in [2.75, 3.05) is 7.11 Å². The van der Waals surface area contributed by atoms with E-state index < -0.39 is 0 Å². The van der Waals surface area contributed by atoms with Gasteiger partial charge in [0.25, 0.3) is 0 Å². The predicted octanol–water partition coefficient (Wildman–Crippen LogP) is 5.34. The van der Waals surface area contributed by atoms with Gasteiger partial charge in [-0.2, -0.15) is 0 Å². The quantitative estimate of drug-likeness (QED) is 0.798. The van der Waals surface area contributed by atoms with Crippen LogP contribution in [0.4, 0.5) is 0 Å². The van der Waals surface area contributed by atoms with Crippen LogP contribution in [0.1, 0.15) is 89.0 Å². The molecule has 0 spiro atoms. The SMILES string of the molecule is COc1cc2c(cc1C(C)C)C(O)C[C@H]1C(C)(C)CCC[C@]21C. The fourth-order valence-electron chi connectivity index (χ4n) is 5.39. The second kappa shape index (κ2) is 5.51. The summed E-state index contributed by atoms with van der Waals surface area (Å²) in [4.78, 5) is 0. The van der Waals surface area contributed by atoms with Gasteiger partial charge in [-0.3, -0.25) is 0 Å². The zero-order chi connectivity index (χ0) is 17.0. The third-order valence-corrected chi connectivity index (χ3v) is 6.69. The molecule has 2 nitrogen and oxygen atoms in total. The summed E-state index contributed by atoms with van der Waals surface area (Å²) < 4.78 is 5.70. The lowest BCUT2D eigenvalue weighted by atomic mass is 9.50. The Kier molecular flexibility index (Phi) is 4.03. The molecule has 0 aromatic heterocycles. The molecule has 1 saturated carbocycles. The molecule has 0 amide bonds. The summed E-state index contributed by atoms with van der Waals surface area (Å²) in [6, 6.07) is 4.45. The lowest BCUT2D eigenvalue weighted by Gasteiger charge is -2.55. The number of rotatable bonds is 2. The fourth-order valence-corrected chi connectivity index (χ4v) is 5.39. The van der Waals surface area contributed by atoms with Crippen molar-refractivity contribution in [2.45, 2.75) is 77.7 Å². The molecule has 0 aliphatic heterocycles. The van der Waals surface area contributed by atoms with Crippen LogP contribution in [0, 0.1) is 11.3 Å². The minimum atomic E-state index is -0.344. The van der Waals surface area contributed by atoms with Crippen molar-refractivity contribution in [3.8, 4) is 5.75 Å². The molecule has 1 N–H and O–H groups in total. The van der Waals surface area contributed by atoms with Gasteiger partial charge in [0.1, 0.15) is 5.75 Å². The maximum absolute atomic E-state index is 10.9. The summed E-state index contributed by atoms with van der Waals surface area (Å²) in [6.45, 7) is 11.6. The van der Waals surface area contributed by atoms with E-state index in [-0.39, 0.29) is 16.9 Å². The molecule has 0 saturated heterocycles. The van der Waals surface area contributed by atoms with Gasteiger partial charge in [0, 0.05) is 0 Å². The zero-order valence-electron chi connectivity index (χ0n) is 15.6. The zero-order valence-corrected chi connectivity index (χ0v) is 15.6. The lowest BCUT2D eigenvalue weighted by molar-refractivity contribution is -0.00689. The van der Waals surface area contributed by atoms with E-state index in [9.17, 15) is 5.11 Å². The van der Waals surface area contributed by atoms with E-state index in [1.54, 1.807) is 7.11 Å². The maximum Gasteiger partial charge on any atom is 0.122 e.